The van der Waals surface area contributed by atoms with E-state index >= 15 is 0 Å². The number of aliphatic hydroxyl groups excluding tert-OH is 1. The SMILES string of the molecule is C=C(/C(=C/C[C@@H](OC(C)=O)c1ccc(CO)o1)c1cc(C(=O)OC)ccc1OC)C(C)C. The lowest BCUT2D eigenvalue weighted by Crippen LogP contribution is -2.08. The van der Waals surface area contributed by atoms with Gasteiger partial charge in [0.2, 0.25) is 0 Å². The normalized spacial score (nSPS) is 12.4. The van der Waals surface area contributed by atoms with Crippen LogP contribution >= 0.6 is 0 Å². The third-order valence-electron chi connectivity index (χ3n) is 4.95. The maximum atomic E-state index is 12.1. The van der Waals surface area contributed by atoms with Gasteiger partial charge in [-0.15, -0.1) is 0 Å². The maximum Gasteiger partial charge on any atom is 0.337 e. The van der Waals surface area contributed by atoms with E-state index in [0.717, 1.165) is 11.1 Å². The molecular formula is C25H30O7. The maximum absolute atomic E-state index is 12.1. The smallest absolute Gasteiger partial charge is 0.337 e. The van der Waals surface area contributed by atoms with Gasteiger partial charge in [0.15, 0.2) is 6.10 Å². The predicted octanol–water partition coefficient (Wildman–Crippen LogP) is 4.86. The van der Waals surface area contributed by atoms with E-state index < -0.39 is 18.0 Å². The second-order valence-corrected chi connectivity index (χ2v) is 7.50. The number of furan rings is 1. The highest BCUT2D eigenvalue weighted by Gasteiger charge is 2.21. The van der Waals surface area contributed by atoms with E-state index in [9.17, 15) is 14.7 Å². The summed E-state index contributed by atoms with van der Waals surface area (Å²) in [5, 5.41) is 9.29. The van der Waals surface area contributed by atoms with E-state index in [2.05, 4.69) is 6.58 Å². The molecule has 7 nitrogen and oxygen atoms in total. The molecule has 1 aromatic carbocycles. The molecular weight excluding hydrogens is 412 g/mol. The highest BCUT2D eigenvalue weighted by Crippen LogP contribution is 2.36. The average Bonchev–Trinajstić information content (AvgIpc) is 3.26. The van der Waals surface area contributed by atoms with Gasteiger partial charge in [0.1, 0.15) is 23.9 Å². The molecule has 32 heavy (non-hydrogen) atoms. The van der Waals surface area contributed by atoms with Crippen LogP contribution in [-0.2, 0) is 20.9 Å². The fraction of sp³-hybridized carbons (Fsp3) is 0.360. The minimum atomic E-state index is -0.697. The minimum Gasteiger partial charge on any atom is -0.496 e. The number of esters is 2. The fourth-order valence-corrected chi connectivity index (χ4v) is 3.19. The van der Waals surface area contributed by atoms with Crippen LogP contribution in [-0.4, -0.2) is 31.3 Å². The summed E-state index contributed by atoms with van der Waals surface area (Å²) < 4.78 is 21.4. The number of hydrogen-bond donors (Lipinski definition) is 1. The number of ether oxygens (including phenoxy) is 3. The first-order valence-corrected chi connectivity index (χ1v) is 10.2. The highest BCUT2D eigenvalue weighted by molar-refractivity contribution is 5.92. The minimum absolute atomic E-state index is 0.101. The monoisotopic (exact) mass is 442 g/mol. The van der Waals surface area contributed by atoms with Crippen molar-refractivity contribution in [2.24, 2.45) is 5.92 Å². The molecule has 7 heteroatoms. The summed E-state index contributed by atoms with van der Waals surface area (Å²) >= 11 is 0. The Morgan fingerprint density at radius 2 is 1.91 bits per heavy atom. The number of allylic oxidation sites excluding steroid dienone is 2. The zero-order valence-corrected chi connectivity index (χ0v) is 19.1. The molecule has 1 atom stereocenters. The summed E-state index contributed by atoms with van der Waals surface area (Å²) in [6.45, 7) is 9.31. The van der Waals surface area contributed by atoms with Crippen LogP contribution in [0.4, 0.5) is 0 Å². The van der Waals surface area contributed by atoms with Gasteiger partial charge in [0, 0.05) is 18.9 Å². The van der Waals surface area contributed by atoms with Crippen LogP contribution in [0.15, 0.2) is 53.0 Å². The van der Waals surface area contributed by atoms with Crippen molar-refractivity contribution >= 4 is 17.5 Å². The molecule has 0 spiro atoms. The predicted molar refractivity (Wildman–Crippen MR) is 120 cm³/mol. The largest absolute Gasteiger partial charge is 0.496 e. The summed E-state index contributed by atoms with van der Waals surface area (Å²) in [5.74, 6) is 0.540. The average molecular weight is 443 g/mol. The molecule has 0 fully saturated rings. The number of rotatable bonds is 10. The van der Waals surface area contributed by atoms with E-state index in [0.29, 0.717) is 28.4 Å². The van der Waals surface area contributed by atoms with Gasteiger partial charge in [0.25, 0.3) is 0 Å². The molecule has 1 aromatic heterocycles. The molecule has 2 rings (SSSR count). The molecule has 0 aliphatic rings. The van der Waals surface area contributed by atoms with Gasteiger partial charge < -0.3 is 23.7 Å². The number of benzene rings is 1. The van der Waals surface area contributed by atoms with Gasteiger partial charge in [-0.25, -0.2) is 4.79 Å². The number of carbonyl (C=O) groups is 2. The van der Waals surface area contributed by atoms with Crippen LogP contribution in [0.25, 0.3) is 5.57 Å². The van der Waals surface area contributed by atoms with Crippen molar-refractivity contribution in [2.45, 2.75) is 39.9 Å². The lowest BCUT2D eigenvalue weighted by molar-refractivity contribution is -0.147. The first-order valence-electron chi connectivity index (χ1n) is 10.2. The quantitative estimate of drug-likeness (QED) is 0.415. The summed E-state index contributed by atoms with van der Waals surface area (Å²) in [6, 6.07) is 8.33. The molecule has 0 radical (unpaired) electrons. The van der Waals surface area contributed by atoms with Crippen molar-refractivity contribution in [3.05, 3.63) is 71.2 Å². The van der Waals surface area contributed by atoms with Crippen molar-refractivity contribution in [1.82, 2.24) is 0 Å². The van der Waals surface area contributed by atoms with Crippen LogP contribution in [0, 0.1) is 5.92 Å². The number of methoxy groups -OCH3 is 2. The molecule has 1 N–H and O–H groups in total. The Kier molecular flexibility index (Phi) is 8.84. The summed E-state index contributed by atoms with van der Waals surface area (Å²) in [4.78, 5) is 23.8. The first-order chi connectivity index (χ1) is 15.2. The zero-order chi connectivity index (χ0) is 23.8. The molecule has 172 valence electrons. The highest BCUT2D eigenvalue weighted by atomic mass is 16.6. The number of hydrogen-bond acceptors (Lipinski definition) is 7. The third kappa shape index (κ3) is 6.11. The molecule has 0 aliphatic heterocycles. The molecule has 2 aromatic rings. The van der Waals surface area contributed by atoms with Gasteiger partial charge in [-0.05, 0) is 47.4 Å². The lowest BCUT2D eigenvalue weighted by atomic mass is 9.89. The molecule has 0 amide bonds. The fourth-order valence-electron chi connectivity index (χ4n) is 3.19. The van der Waals surface area contributed by atoms with Crippen LogP contribution in [0.1, 0.15) is 60.7 Å². The second-order valence-electron chi connectivity index (χ2n) is 7.50. The Balaban J connectivity index is 2.55. The molecule has 0 saturated carbocycles. The van der Waals surface area contributed by atoms with Crippen LogP contribution in [0.3, 0.4) is 0 Å². The van der Waals surface area contributed by atoms with Crippen molar-refractivity contribution in [3.63, 3.8) is 0 Å². The summed E-state index contributed by atoms with van der Waals surface area (Å²) in [7, 11) is 2.87. The Labute approximate surface area is 188 Å². The zero-order valence-electron chi connectivity index (χ0n) is 19.1. The van der Waals surface area contributed by atoms with Gasteiger partial charge in [-0.3, -0.25) is 4.79 Å². The number of aliphatic hydroxyl groups is 1. The third-order valence-corrected chi connectivity index (χ3v) is 4.95. The molecule has 0 unspecified atom stereocenters. The van der Waals surface area contributed by atoms with E-state index in [1.807, 2.05) is 19.9 Å². The van der Waals surface area contributed by atoms with Crippen LogP contribution in [0.5, 0.6) is 5.75 Å². The van der Waals surface area contributed by atoms with E-state index in [-0.39, 0.29) is 18.9 Å². The summed E-state index contributed by atoms with van der Waals surface area (Å²) in [5.41, 5.74) is 2.63. The van der Waals surface area contributed by atoms with Gasteiger partial charge >= 0.3 is 11.9 Å². The van der Waals surface area contributed by atoms with Crippen molar-refractivity contribution in [3.8, 4) is 5.75 Å². The van der Waals surface area contributed by atoms with Gasteiger partial charge in [-0.1, -0.05) is 26.5 Å². The second kappa shape index (κ2) is 11.3. The van der Waals surface area contributed by atoms with Crippen LogP contribution in [0.2, 0.25) is 0 Å². The van der Waals surface area contributed by atoms with Crippen molar-refractivity contribution < 1.29 is 33.3 Å². The molecule has 0 bridgehead atoms. The number of carbonyl (C=O) groups excluding carboxylic acids is 2. The topological polar surface area (TPSA) is 95.2 Å². The van der Waals surface area contributed by atoms with E-state index in [4.69, 9.17) is 18.6 Å². The van der Waals surface area contributed by atoms with Crippen molar-refractivity contribution in [1.29, 1.82) is 0 Å². The van der Waals surface area contributed by atoms with E-state index in [1.165, 1.54) is 14.0 Å². The lowest BCUT2D eigenvalue weighted by Gasteiger charge is -2.20. The summed E-state index contributed by atoms with van der Waals surface area (Å²) in [6.07, 6.45) is 1.47. The van der Waals surface area contributed by atoms with Crippen molar-refractivity contribution in [2.75, 3.05) is 14.2 Å². The molecule has 0 aliphatic carbocycles. The van der Waals surface area contributed by atoms with Gasteiger partial charge in [-0.2, -0.15) is 0 Å². The molecule has 1 heterocycles. The van der Waals surface area contributed by atoms with E-state index in [1.54, 1.807) is 37.4 Å². The Morgan fingerprint density at radius 3 is 2.44 bits per heavy atom. The van der Waals surface area contributed by atoms with Crippen LogP contribution < -0.4 is 4.74 Å². The standard InChI is InChI=1S/C25H30O7/c1-15(2)16(3)20(21-13-18(25(28)30-6)7-10-22(21)29-5)9-12-23(31-17(4)27)24-11-8-19(14-26)32-24/h7-11,13,15,23,26H,3,12,14H2,1-2,4-6H3/b20-9-/t23-/m1/s1. The molecule has 0 saturated heterocycles. The Hall–Kier alpha value is -3.32. The Morgan fingerprint density at radius 1 is 1.19 bits per heavy atom. The van der Waals surface area contributed by atoms with Gasteiger partial charge in [0.05, 0.1) is 19.8 Å². The Bertz CT molecular complexity index is 997. The first kappa shape index (κ1) is 24.9.